The van der Waals surface area contributed by atoms with Crippen LogP contribution in [0, 0.1) is 5.41 Å². The molecule has 30 heavy (non-hydrogen) atoms. The fourth-order valence-corrected chi connectivity index (χ4v) is 4.08. The summed E-state index contributed by atoms with van der Waals surface area (Å²) in [5.74, 6) is 0.921. The molecule has 6 nitrogen and oxygen atoms in total. The van der Waals surface area contributed by atoms with E-state index in [4.69, 9.17) is 9.73 Å². The summed E-state index contributed by atoms with van der Waals surface area (Å²) in [6, 6.07) is 10.5. The van der Waals surface area contributed by atoms with Crippen molar-refractivity contribution in [2.24, 2.45) is 10.4 Å². The zero-order valence-corrected chi connectivity index (χ0v) is 20.6. The van der Waals surface area contributed by atoms with Crippen LogP contribution >= 0.6 is 24.0 Å². The maximum Gasteiger partial charge on any atom is 0.191 e. The highest BCUT2D eigenvalue weighted by molar-refractivity contribution is 14.0. The molecule has 0 unspecified atom stereocenters. The average molecular weight is 525 g/mol. The number of hydrogen-bond acceptors (Lipinski definition) is 3. The second-order valence-electron chi connectivity index (χ2n) is 7.94. The van der Waals surface area contributed by atoms with Crippen LogP contribution in [0.2, 0.25) is 0 Å². The minimum Gasteiger partial charge on any atom is -0.385 e. The van der Waals surface area contributed by atoms with Crippen molar-refractivity contribution in [3.05, 3.63) is 48.3 Å². The predicted octanol–water partition coefficient (Wildman–Crippen LogP) is 4.18. The normalized spacial score (nSPS) is 15.6. The Morgan fingerprint density at radius 2 is 1.97 bits per heavy atom. The summed E-state index contributed by atoms with van der Waals surface area (Å²) >= 11 is 0. The van der Waals surface area contributed by atoms with Crippen molar-refractivity contribution in [2.45, 2.75) is 45.4 Å². The Morgan fingerprint density at radius 3 is 2.60 bits per heavy atom. The molecule has 0 amide bonds. The maximum absolute atomic E-state index is 5.34. The van der Waals surface area contributed by atoms with Gasteiger partial charge >= 0.3 is 0 Å². The molecule has 7 heteroatoms. The molecule has 0 radical (unpaired) electrons. The summed E-state index contributed by atoms with van der Waals surface area (Å²) in [6.07, 6.45) is 11.0. The first kappa shape index (κ1) is 24.7. The molecule has 1 aromatic carbocycles. The van der Waals surface area contributed by atoms with Crippen LogP contribution in [0.4, 0.5) is 0 Å². The third kappa shape index (κ3) is 7.27. The molecule has 2 N–H and O–H groups in total. The van der Waals surface area contributed by atoms with Crippen LogP contribution in [0.25, 0.3) is 5.69 Å². The van der Waals surface area contributed by atoms with Gasteiger partial charge in [-0.1, -0.05) is 25.0 Å². The number of ether oxygens (including phenoxy) is 1. The number of guanidine groups is 1. The second kappa shape index (κ2) is 12.9. The Morgan fingerprint density at radius 1 is 1.20 bits per heavy atom. The molecule has 1 aromatic heterocycles. The lowest BCUT2D eigenvalue weighted by Gasteiger charge is -2.27. The van der Waals surface area contributed by atoms with Crippen molar-refractivity contribution in [3.8, 4) is 5.69 Å². The first-order valence-electron chi connectivity index (χ1n) is 10.8. The Balaban J connectivity index is 0.00000320. The van der Waals surface area contributed by atoms with Gasteiger partial charge in [-0.2, -0.15) is 5.10 Å². The first-order chi connectivity index (χ1) is 14.2. The van der Waals surface area contributed by atoms with Crippen molar-refractivity contribution in [2.75, 3.05) is 33.4 Å². The van der Waals surface area contributed by atoms with Crippen molar-refractivity contribution in [1.82, 2.24) is 20.4 Å². The van der Waals surface area contributed by atoms with Crippen LogP contribution < -0.4 is 10.6 Å². The van der Waals surface area contributed by atoms with Crippen molar-refractivity contribution in [1.29, 1.82) is 0 Å². The van der Waals surface area contributed by atoms with E-state index in [0.29, 0.717) is 5.41 Å². The van der Waals surface area contributed by atoms with Gasteiger partial charge < -0.3 is 15.4 Å². The highest BCUT2D eigenvalue weighted by Gasteiger charge is 2.33. The topological polar surface area (TPSA) is 63.5 Å². The van der Waals surface area contributed by atoms with Gasteiger partial charge in [0.15, 0.2) is 5.96 Å². The quantitative estimate of drug-likeness (QED) is 0.278. The Labute approximate surface area is 197 Å². The van der Waals surface area contributed by atoms with Gasteiger partial charge in [0, 0.05) is 45.7 Å². The van der Waals surface area contributed by atoms with E-state index in [2.05, 4.69) is 46.9 Å². The molecule has 0 bridgehead atoms. The summed E-state index contributed by atoms with van der Waals surface area (Å²) in [7, 11) is 1.79. The van der Waals surface area contributed by atoms with Crippen molar-refractivity contribution in [3.63, 3.8) is 0 Å². The van der Waals surface area contributed by atoms with Crippen LogP contribution in [-0.2, 0) is 11.2 Å². The van der Waals surface area contributed by atoms with Gasteiger partial charge in [0.1, 0.15) is 0 Å². The fraction of sp³-hybridized carbons (Fsp3) is 0.565. The summed E-state index contributed by atoms with van der Waals surface area (Å²) < 4.78 is 7.22. The van der Waals surface area contributed by atoms with Gasteiger partial charge in [-0.15, -0.1) is 24.0 Å². The van der Waals surface area contributed by atoms with Crippen LogP contribution in [-0.4, -0.2) is 49.1 Å². The third-order valence-electron chi connectivity index (χ3n) is 5.83. The van der Waals surface area contributed by atoms with Gasteiger partial charge in [-0.25, -0.2) is 4.68 Å². The molecule has 0 aliphatic heterocycles. The van der Waals surface area contributed by atoms with E-state index in [1.165, 1.54) is 31.2 Å². The Hall–Kier alpha value is -1.61. The van der Waals surface area contributed by atoms with E-state index in [-0.39, 0.29) is 24.0 Å². The zero-order valence-electron chi connectivity index (χ0n) is 18.3. The Kier molecular flexibility index (Phi) is 10.6. The summed E-state index contributed by atoms with van der Waals surface area (Å²) in [5, 5.41) is 11.2. The number of hydrogen-bond donors (Lipinski definition) is 2. The van der Waals surface area contributed by atoms with Crippen LogP contribution in [0.5, 0.6) is 0 Å². The highest BCUT2D eigenvalue weighted by atomic mass is 127. The molecule has 1 fully saturated rings. The second-order valence-corrected chi connectivity index (χ2v) is 7.94. The molecular weight excluding hydrogens is 489 g/mol. The van der Waals surface area contributed by atoms with Crippen LogP contribution in [0.15, 0.2) is 47.7 Å². The molecular formula is C23H36IN5O. The fourth-order valence-electron chi connectivity index (χ4n) is 4.08. The highest BCUT2D eigenvalue weighted by Crippen LogP contribution is 2.41. The molecule has 0 atom stereocenters. The van der Waals surface area contributed by atoms with E-state index in [0.717, 1.165) is 50.7 Å². The number of nitrogens with one attached hydrogen (secondary N) is 2. The van der Waals surface area contributed by atoms with E-state index in [9.17, 15) is 0 Å². The maximum atomic E-state index is 5.34. The lowest BCUT2D eigenvalue weighted by molar-refractivity contribution is 0.141. The Bertz CT molecular complexity index is 739. The first-order valence-corrected chi connectivity index (χ1v) is 10.8. The lowest BCUT2D eigenvalue weighted by atomic mass is 9.83. The van der Waals surface area contributed by atoms with Gasteiger partial charge in [-0.05, 0) is 61.8 Å². The van der Waals surface area contributed by atoms with Gasteiger partial charge in [0.05, 0.1) is 5.69 Å². The zero-order chi connectivity index (χ0) is 20.4. The molecule has 0 saturated heterocycles. The average Bonchev–Trinajstić information content (AvgIpc) is 3.44. The molecule has 1 heterocycles. The molecule has 1 aliphatic rings. The summed E-state index contributed by atoms with van der Waals surface area (Å²) in [4.78, 5) is 4.93. The molecule has 0 spiro atoms. The third-order valence-corrected chi connectivity index (χ3v) is 5.83. The van der Waals surface area contributed by atoms with Crippen molar-refractivity contribution >= 4 is 29.9 Å². The van der Waals surface area contributed by atoms with Crippen molar-refractivity contribution < 1.29 is 4.74 Å². The molecule has 1 aliphatic carbocycles. The van der Waals surface area contributed by atoms with Crippen LogP contribution in [0.3, 0.4) is 0 Å². The monoisotopic (exact) mass is 525 g/mol. The van der Waals surface area contributed by atoms with Crippen LogP contribution in [0.1, 0.15) is 44.6 Å². The van der Waals surface area contributed by atoms with Gasteiger partial charge in [0.2, 0.25) is 0 Å². The SMILES string of the molecule is CCNC(=NCC1(CCOC)CCCC1)NCCc1ccc(-n2cccn2)cc1.I. The number of aromatic nitrogens is 2. The number of aliphatic imine (C=N–C) groups is 1. The lowest BCUT2D eigenvalue weighted by Crippen LogP contribution is -2.39. The number of halogens is 1. The summed E-state index contributed by atoms with van der Waals surface area (Å²) in [5.41, 5.74) is 2.71. The van der Waals surface area contributed by atoms with E-state index < -0.39 is 0 Å². The molecule has 3 rings (SSSR count). The number of methoxy groups -OCH3 is 1. The van der Waals surface area contributed by atoms with E-state index >= 15 is 0 Å². The number of nitrogens with zero attached hydrogens (tertiary/aromatic N) is 3. The standard InChI is InChI=1S/C23H35N5O.HI/c1-3-24-22(26-19-23(14-18-29-2)12-4-5-13-23)25-16-11-20-7-9-21(10-8-20)28-17-6-15-27-28;/h6-10,15,17H,3-5,11-14,16,18-19H2,1-2H3,(H2,24,25,26);1H. The summed E-state index contributed by atoms with van der Waals surface area (Å²) in [6.45, 7) is 5.55. The predicted molar refractivity (Wildman–Crippen MR) is 134 cm³/mol. The minimum absolute atomic E-state index is 0. The molecule has 1 saturated carbocycles. The van der Waals surface area contributed by atoms with Gasteiger partial charge in [-0.3, -0.25) is 4.99 Å². The smallest absolute Gasteiger partial charge is 0.191 e. The van der Waals surface area contributed by atoms with E-state index in [1.54, 1.807) is 13.3 Å². The van der Waals surface area contributed by atoms with Gasteiger partial charge in [0.25, 0.3) is 0 Å². The molecule has 2 aromatic rings. The largest absolute Gasteiger partial charge is 0.385 e. The number of rotatable bonds is 10. The van der Waals surface area contributed by atoms with E-state index in [1.807, 2.05) is 16.9 Å². The minimum atomic E-state index is 0. The number of benzene rings is 1. The molecule has 166 valence electrons.